The van der Waals surface area contributed by atoms with Crippen LogP contribution in [0.1, 0.15) is 23.2 Å². The van der Waals surface area contributed by atoms with E-state index in [0.29, 0.717) is 0 Å². The molecule has 5 heteroatoms. The number of nitrogens with zero attached hydrogens (tertiary/aromatic N) is 2. The Kier molecular flexibility index (Phi) is 4.58. The van der Waals surface area contributed by atoms with Crippen LogP contribution < -0.4 is 5.32 Å². The fourth-order valence-electron chi connectivity index (χ4n) is 5.23. The Morgan fingerprint density at radius 2 is 1.72 bits per heavy atom. The molecule has 1 spiro atoms. The van der Waals surface area contributed by atoms with Crippen molar-refractivity contribution in [1.82, 2.24) is 20.4 Å². The van der Waals surface area contributed by atoms with Crippen LogP contribution in [-0.2, 0) is 0 Å². The summed E-state index contributed by atoms with van der Waals surface area (Å²) in [4.78, 5) is 15.2. The molecule has 3 aromatic carbocycles. The van der Waals surface area contributed by atoms with E-state index in [9.17, 15) is 4.79 Å². The number of fused-ring (bicyclic) bond motifs is 1. The van der Waals surface area contributed by atoms with Gasteiger partial charge in [0.25, 0.3) is 5.91 Å². The van der Waals surface area contributed by atoms with Gasteiger partial charge in [-0.05, 0) is 54.8 Å². The molecule has 2 saturated heterocycles. The number of aromatic amines is 1. The van der Waals surface area contributed by atoms with Gasteiger partial charge in [0, 0.05) is 41.6 Å². The summed E-state index contributed by atoms with van der Waals surface area (Å²) in [6.45, 7) is 3.84. The molecular weight excluding hydrogens is 396 g/mol. The van der Waals surface area contributed by atoms with Gasteiger partial charge in [-0.2, -0.15) is 5.10 Å². The Labute approximate surface area is 187 Å². The summed E-state index contributed by atoms with van der Waals surface area (Å²) >= 11 is 0. The number of likely N-dealkylation sites (tertiary alicyclic amines) is 1. The van der Waals surface area contributed by atoms with E-state index in [1.807, 2.05) is 41.3 Å². The lowest BCUT2D eigenvalue weighted by Gasteiger charge is -2.52. The Balaban J connectivity index is 1.30. The molecule has 6 rings (SSSR count). The van der Waals surface area contributed by atoms with Crippen LogP contribution in [0.3, 0.4) is 0 Å². The van der Waals surface area contributed by atoms with Crippen molar-refractivity contribution in [2.75, 3.05) is 26.2 Å². The smallest absolute Gasteiger partial charge is 0.253 e. The van der Waals surface area contributed by atoms with Crippen molar-refractivity contribution in [1.29, 1.82) is 0 Å². The zero-order valence-electron chi connectivity index (χ0n) is 18.0. The molecule has 1 amide bonds. The first-order chi connectivity index (χ1) is 15.7. The normalized spacial score (nSPS) is 17.4. The number of carbonyl (C=O) groups excluding carboxylic acids is 1. The molecule has 2 N–H and O–H groups in total. The second kappa shape index (κ2) is 7.61. The highest BCUT2D eigenvalue weighted by Crippen LogP contribution is 2.38. The van der Waals surface area contributed by atoms with Gasteiger partial charge in [-0.3, -0.25) is 9.89 Å². The summed E-state index contributed by atoms with van der Waals surface area (Å²) in [5.41, 5.74) is 6.21. The van der Waals surface area contributed by atoms with Crippen LogP contribution in [0.25, 0.3) is 33.3 Å². The number of hydrogen-bond acceptors (Lipinski definition) is 3. The van der Waals surface area contributed by atoms with Gasteiger partial charge in [0.05, 0.1) is 11.2 Å². The minimum atomic E-state index is 0.119. The maximum absolute atomic E-state index is 13.2. The SMILES string of the molecule is O=C(c1ccc2[nH]nc(-c3cccc(-c4ccccc4)c3)c2c1)N1CC2(CCCNC2)C1. The van der Waals surface area contributed by atoms with Crippen molar-refractivity contribution in [3.05, 3.63) is 78.4 Å². The van der Waals surface area contributed by atoms with E-state index in [4.69, 9.17) is 0 Å². The lowest BCUT2D eigenvalue weighted by atomic mass is 9.74. The Bertz CT molecular complexity index is 1280. The second-order valence-corrected chi connectivity index (χ2v) is 9.22. The van der Waals surface area contributed by atoms with Crippen molar-refractivity contribution >= 4 is 16.8 Å². The predicted molar refractivity (Wildman–Crippen MR) is 127 cm³/mol. The third-order valence-corrected chi connectivity index (χ3v) is 6.95. The quantitative estimate of drug-likeness (QED) is 0.502. The maximum Gasteiger partial charge on any atom is 0.253 e. The fraction of sp³-hybridized carbons (Fsp3) is 0.259. The monoisotopic (exact) mass is 422 g/mol. The van der Waals surface area contributed by atoms with E-state index < -0.39 is 0 Å². The van der Waals surface area contributed by atoms with Crippen LogP contribution in [0.2, 0.25) is 0 Å². The van der Waals surface area contributed by atoms with E-state index in [1.165, 1.54) is 18.4 Å². The van der Waals surface area contributed by atoms with Crippen LogP contribution >= 0.6 is 0 Å². The number of amides is 1. The molecule has 0 atom stereocenters. The molecule has 0 aliphatic carbocycles. The van der Waals surface area contributed by atoms with E-state index >= 15 is 0 Å². The zero-order chi connectivity index (χ0) is 21.5. The first-order valence-corrected chi connectivity index (χ1v) is 11.3. The fourth-order valence-corrected chi connectivity index (χ4v) is 5.23. The van der Waals surface area contributed by atoms with Gasteiger partial charge < -0.3 is 10.2 Å². The molecule has 0 bridgehead atoms. The van der Waals surface area contributed by atoms with Crippen LogP contribution in [0.15, 0.2) is 72.8 Å². The first-order valence-electron chi connectivity index (χ1n) is 11.3. The summed E-state index contributed by atoms with van der Waals surface area (Å²) in [5, 5.41) is 12.2. The highest BCUT2D eigenvalue weighted by Gasteiger charge is 2.45. The molecule has 0 saturated carbocycles. The van der Waals surface area contributed by atoms with Crippen LogP contribution in [0.4, 0.5) is 0 Å². The molecule has 0 unspecified atom stereocenters. The lowest BCUT2D eigenvalue weighted by Crippen LogP contribution is -2.63. The molecule has 160 valence electrons. The largest absolute Gasteiger partial charge is 0.337 e. The highest BCUT2D eigenvalue weighted by atomic mass is 16.2. The summed E-state index contributed by atoms with van der Waals surface area (Å²) in [6, 6.07) is 24.6. The summed E-state index contributed by atoms with van der Waals surface area (Å²) < 4.78 is 0. The van der Waals surface area contributed by atoms with Crippen molar-refractivity contribution in [2.45, 2.75) is 12.8 Å². The summed E-state index contributed by atoms with van der Waals surface area (Å²) in [5.74, 6) is 0.119. The molecule has 2 aliphatic rings. The number of piperidine rings is 1. The highest BCUT2D eigenvalue weighted by molar-refractivity contribution is 6.02. The Hall–Kier alpha value is -3.44. The van der Waals surface area contributed by atoms with Gasteiger partial charge in [0.15, 0.2) is 0 Å². The van der Waals surface area contributed by atoms with Crippen molar-refractivity contribution in [3.8, 4) is 22.4 Å². The molecule has 2 fully saturated rings. The number of carbonyl (C=O) groups is 1. The third kappa shape index (κ3) is 3.30. The maximum atomic E-state index is 13.2. The number of nitrogens with one attached hydrogen (secondary N) is 2. The molecule has 1 aromatic heterocycles. The standard InChI is InChI=1S/C27H26N4O/c32-26(31-17-27(18-31)12-5-13-28-16-27)22-10-11-24-23(15-22)25(30-29-24)21-9-4-8-20(14-21)19-6-2-1-3-7-19/h1-4,6-11,14-15,28H,5,12-13,16-18H2,(H,29,30). The minimum Gasteiger partial charge on any atom is -0.337 e. The number of hydrogen-bond donors (Lipinski definition) is 2. The molecule has 2 aliphatic heterocycles. The first kappa shape index (κ1) is 19.3. The van der Waals surface area contributed by atoms with Gasteiger partial charge in [0.1, 0.15) is 0 Å². The van der Waals surface area contributed by atoms with Crippen molar-refractivity contribution < 1.29 is 4.79 Å². The molecule has 3 heterocycles. The molecule has 32 heavy (non-hydrogen) atoms. The van der Waals surface area contributed by atoms with E-state index in [-0.39, 0.29) is 11.3 Å². The van der Waals surface area contributed by atoms with Crippen LogP contribution in [0.5, 0.6) is 0 Å². The average Bonchev–Trinajstić information content (AvgIpc) is 3.26. The van der Waals surface area contributed by atoms with Crippen LogP contribution in [0, 0.1) is 5.41 Å². The lowest BCUT2D eigenvalue weighted by molar-refractivity contribution is -0.00721. The van der Waals surface area contributed by atoms with Gasteiger partial charge in [-0.25, -0.2) is 0 Å². The molecule has 0 radical (unpaired) electrons. The number of rotatable bonds is 3. The van der Waals surface area contributed by atoms with Gasteiger partial charge >= 0.3 is 0 Å². The average molecular weight is 423 g/mol. The number of aromatic nitrogens is 2. The Morgan fingerprint density at radius 3 is 2.53 bits per heavy atom. The summed E-state index contributed by atoms with van der Waals surface area (Å²) in [6.07, 6.45) is 2.42. The van der Waals surface area contributed by atoms with Crippen molar-refractivity contribution in [2.24, 2.45) is 5.41 Å². The summed E-state index contributed by atoms with van der Waals surface area (Å²) in [7, 11) is 0. The number of benzene rings is 3. The van der Waals surface area contributed by atoms with Gasteiger partial charge in [-0.1, -0.05) is 48.5 Å². The third-order valence-electron chi connectivity index (χ3n) is 6.95. The number of H-pyrrole nitrogens is 1. The van der Waals surface area contributed by atoms with Crippen molar-refractivity contribution in [3.63, 3.8) is 0 Å². The Morgan fingerprint density at radius 1 is 0.906 bits per heavy atom. The van der Waals surface area contributed by atoms with Gasteiger partial charge in [-0.15, -0.1) is 0 Å². The zero-order valence-corrected chi connectivity index (χ0v) is 18.0. The predicted octanol–water partition coefficient (Wildman–Crippen LogP) is 4.72. The topological polar surface area (TPSA) is 61.0 Å². The van der Waals surface area contributed by atoms with Gasteiger partial charge in [0.2, 0.25) is 0 Å². The second-order valence-electron chi connectivity index (χ2n) is 9.22. The molecule has 4 aromatic rings. The molecular formula is C27H26N4O. The molecule has 5 nitrogen and oxygen atoms in total. The minimum absolute atomic E-state index is 0.119. The van der Waals surface area contributed by atoms with E-state index in [1.54, 1.807) is 0 Å². The van der Waals surface area contributed by atoms with Crippen LogP contribution in [-0.4, -0.2) is 47.2 Å². The van der Waals surface area contributed by atoms with E-state index in [2.05, 4.69) is 51.9 Å². The van der Waals surface area contributed by atoms with E-state index in [0.717, 1.165) is 59.5 Å².